The fraction of sp³-hybridized carbons (Fsp3) is 1.00. The first kappa shape index (κ1) is 9.04. The van der Waals surface area contributed by atoms with E-state index in [2.05, 4.69) is 10.9 Å². The molecule has 0 rings (SSSR count). The highest BCUT2D eigenvalue weighted by atomic mass is 79.9. The van der Waals surface area contributed by atoms with Crippen LogP contribution >= 0.6 is 17.0 Å². The molecule has 0 aliphatic heterocycles. The van der Waals surface area contributed by atoms with Gasteiger partial charge in [-0.05, 0) is 14.1 Å². The lowest BCUT2D eigenvalue weighted by atomic mass is 11.4. The molecule has 0 bridgehead atoms. The summed E-state index contributed by atoms with van der Waals surface area (Å²) in [6.45, 7) is 0. The molecule has 0 heterocycles. The van der Waals surface area contributed by atoms with Crippen molar-refractivity contribution in [3.63, 3.8) is 0 Å². The molecule has 0 unspecified atom stereocenters. The number of nitrogens with one attached hydrogen (secondary N) is 2. The van der Waals surface area contributed by atoms with E-state index in [1.54, 1.807) is 0 Å². The van der Waals surface area contributed by atoms with Crippen molar-refractivity contribution in [2.24, 2.45) is 0 Å². The maximum absolute atomic E-state index is 2.68. The fourth-order valence-corrected chi connectivity index (χ4v) is 0. The Morgan fingerprint density at radius 1 is 1.00 bits per heavy atom. The third-order valence-electron chi connectivity index (χ3n) is 0.250. The molecule has 34 valence electrons. The van der Waals surface area contributed by atoms with Gasteiger partial charge in [0.15, 0.2) is 0 Å². The molecule has 0 aromatic rings. The summed E-state index contributed by atoms with van der Waals surface area (Å²) < 4.78 is 0. The molecule has 0 aliphatic carbocycles. The maximum atomic E-state index is 2.68. The second-order valence-electron chi connectivity index (χ2n) is 0.500. The molecule has 3 heteroatoms. The van der Waals surface area contributed by atoms with E-state index in [9.17, 15) is 0 Å². The van der Waals surface area contributed by atoms with E-state index in [0.717, 1.165) is 0 Å². The van der Waals surface area contributed by atoms with Crippen LogP contribution in [0.25, 0.3) is 0 Å². The predicted molar refractivity (Wildman–Crippen MR) is 28.4 cm³/mol. The Kier molecular flexibility index (Phi) is 16.0. The molecule has 0 spiro atoms. The normalized spacial score (nSPS) is 6.00. The van der Waals surface area contributed by atoms with Gasteiger partial charge in [0.1, 0.15) is 0 Å². The average Bonchev–Trinajstić information content (AvgIpc) is 1.37. The van der Waals surface area contributed by atoms with Crippen LogP contribution in [0.15, 0.2) is 0 Å². The van der Waals surface area contributed by atoms with Crippen LogP contribution in [0, 0.1) is 0 Å². The summed E-state index contributed by atoms with van der Waals surface area (Å²) in [7, 11) is 3.64. The number of hydrazine groups is 1. The van der Waals surface area contributed by atoms with Gasteiger partial charge in [0.05, 0.1) is 0 Å². The Labute approximate surface area is 42.7 Å². The zero-order chi connectivity index (χ0) is 3.41. The molecule has 0 aromatic heterocycles. The van der Waals surface area contributed by atoms with Crippen molar-refractivity contribution >= 4 is 17.0 Å². The van der Waals surface area contributed by atoms with Crippen LogP contribution in [0.5, 0.6) is 0 Å². The molecule has 5 heavy (non-hydrogen) atoms. The zero-order valence-corrected chi connectivity index (χ0v) is 5.12. The molecule has 0 saturated carbocycles. The third-order valence-corrected chi connectivity index (χ3v) is 0.250. The topological polar surface area (TPSA) is 24.1 Å². The smallest absolute Gasteiger partial charge is 0.00150 e. The van der Waals surface area contributed by atoms with E-state index in [1.165, 1.54) is 0 Å². The number of halogens is 1. The highest BCUT2D eigenvalue weighted by Gasteiger charge is 1.44. The summed E-state index contributed by atoms with van der Waals surface area (Å²) in [5.41, 5.74) is 5.36. The second-order valence-corrected chi connectivity index (χ2v) is 0.500. The lowest BCUT2D eigenvalue weighted by molar-refractivity contribution is 0.689. The first-order valence-corrected chi connectivity index (χ1v) is 1.25. The monoisotopic (exact) mass is 140 g/mol. The summed E-state index contributed by atoms with van der Waals surface area (Å²) >= 11 is 0. The maximum Gasteiger partial charge on any atom is -0.00150 e. The first-order chi connectivity index (χ1) is 1.91. The molecule has 0 aromatic carbocycles. The highest BCUT2D eigenvalue weighted by Crippen LogP contribution is 1.07. The van der Waals surface area contributed by atoms with Crippen LogP contribution in [0.1, 0.15) is 0 Å². The van der Waals surface area contributed by atoms with Gasteiger partial charge in [-0.15, -0.1) is 17.0 Å². The Bertz CT molecular complexity index is 9.61. The molecule has 0 saturated heterocycles. The minimum absolute atomic E-state index is 0. The summed E-state index contributed by atoms with van der Waals surface area (Å²) in [5, 5.41) is 0. The van der Waals surface area contributed by atoms with Crippen LogP contribution in [-0.4, -0.2) is 14.1 Å². The van der Waals surface area contributed by atoms with Crippen molar-refractivity contribution in [1.82, 2.24) is 10.9 Å². The molecule has 0 fully saturated rings. The molecule has 0 atom stereocenters. The van der Waals surface area contributed by atoms with Crippen molar-refractivity contribution in [1.29, 1.82) is 0 Å². The molecule has 0 radical (unpaired) electrons. The molecule has 0 aliphatic rings. The lowest BCUT2D eigenvalue weighted by Crippen LogP contribution is -2.21. The number of hydrogen-bond donors (Lipinski definition) is 2. The van der Waals surface area contributed by atoms with Gasteiger partial charge in [-0.3, -0.25) is 10.9 Å². The van der Waals surface area contributed by atoms with Crippen LogP contribution < -0.4 is 10.9 Å². The standard InChI is InChI=1S/C2H8N2.BrH/c1-3-4-2;/h3-4H,1-2H3;1H. The first-order valence-electron chi connectivity index (χ1n) is 1.25. The molecular weight excluding hydrogens is 132 g/mol. The minimum Gasteiger partial charge on any atom is -0.261 e. The summed E-state index contributed by atoms with van der Waals surface area (Å²) in [6.07, 6.45) is 0. The van der Waals surface area contributed by atoms with Crippen molar-refractivity contribution in [2.45, 2.75) is 0 Å². The van der Waals surface area contributed by atoms with Gasteiger partial charge in [0.2, 0.25) is 0 Å². The van der Waals surface area contributed by atoms with Crippen molar-refractivity contribution < 1.29 is 0 Å². The zero-order valence-electron chi connectivity index (χ0n) is 3.41. The van der Waals surface area contributed by atoms with E-state index < -0.39 is 0 Å². The Balaban J connectivity index is 0. The van der Waals surface area contributed by atoms with Gasteiger partial charge in [0, 0.05) is 0 Å². The fourth-order valence-electron chi connectivity index (χ4n) is 0. The molecular formula is C2H9BrN2. The Morgan fingerprint density at radius 2 is 1.20 bits per heavy atom. The van der Waals surface area contributed by atoms with Crippen molar-refractivity contribution in [2.75, 3.05) is 14.1 Å². The quantitative estimate of drug-likeness (QED) is 0.499. The largest absolute Gasteiger partial charge is 0.261 e. The van der Waals surface area contributed by atoms with Crippen LogP contribution in [0.4, 0.5) is 0 Å². The van der Waals surface area contributed by atoms with E-state index >= 15 is 0 Å². The van der Waals surface area contributed by atoms with E-state index in [0.29, 0.717) is 0 Å². The van der Waals surface area contributed by atoms with Gasteiger partial charge in [-0.25, -0.2) is 0 Å². The Hall–Kier alpha value is 0.400. The molecule has 2 N–H and O–H groups in total. The van der Waals surface area contributed by atoms with Crippen molar-refractivity contribution in [3.05, 3.63) is 0 Å². The SMILES string of the molecule is Br.CNNC. The molecule has 2 nitrogen and oxygen atoms in total. The van der Waals surface area contributed by atoms with Crippen LogP contribution in [-0.2, 0) is 0 Å². The second kappa shape index (κ2) is 8.83. The third kappa shape index (κ3) is 12.9. The van der Waals surface area contributed by atoms with Gasteiger partial charge in [0.25, 0.3) is 0 Å². The van der Waals surface area contributed by atoms with Crippen LogP contribution in [0.2, 0.25) is 0 Å². The summed E-state index contributed by atoms with van der Waals surface area (Å²) in [4.78, 5) is 0. The predicted octanol–water partition coefficient (Wildman–Crippen LogP) is -0.0819. The summed E-state index contributed by atoms with van der Waals surface area (Å²) in [5.74, 6) is 0. The minimum atomic E-state index is 0. The number of rotatable bonds is 1. The molecule has 0 amide bonds. The van der Waals surface area contributed by atoms with Gasteiger partial charge < -0.3 is 0 Å². The van der Waals surface area contributed by atoms with Gasteiger partial charge in [-0.2, -0.15) is 0 Å². The number of hydrogen-bond acceptors (Lipinski definition) is 2. The van der Waals surface area contributed by atoms with Crippen molar-refractivity contribution in [3.8, 4) is 0 Å². The highest BCUT2D eigenvalue weighted by molar-refractivity contribution is 8.93. The van der Waals surface area contributed by atoms with Gasteiger partial charge >= 0.3 is 0 Å². The van der Waals surface area contributed by atoms with Gasteiger partial charge in [-0.1, -0.05) is 0 Å². The van der Waals surface area contributed by atoms with Crippen LogP contribution in [0.3, 0.4) is 0 Å². The average molecular weight is 141 g/mol. The lowest BCUT2D eigenvalue weighted by Gasteiger charge is -1.81. The van der Waals surface area contributed by atoms with E-state index in [-0.39, 0.29) is 17.0 Å². The van der Waals surface area contributed by atoms with E-state index in [1.807, 2.05) is 14.1 Å². The Morgan fingerprint density at radius 3 is 1.20 bits per heavy atom. The van der Waals surface area contributed by atoms with E-state index in [4.69, 9.17) is 0 Å². The summed E-state index contributed by atoms with van der Waals surface area (Å²) in [6, 6.07) is 0.